The van der Waals surface area contributed by atoms with E-state index >= 15 is 0 Å². The Morgan fingerprint density at radius 3 is 2.13 bits per heavy atom. The Balaban J connectivity index is 2.54. The molecule has 0 spiro atoms. The predicted octanol–water partition coefficient (Wildman–Crippen LogP) is 3.00. The van der Waals surface area contributed by atoms with Crippen LogP contribution in [-0.4, -0.2) is 6.04 Å². The fraction of sp³-hybridized carbons (Fsp3) is 0.455. The van der Waals surface area contributed by atoms with Gasteiger partial charge in [0.25, 0.3) is 0 Å². The zero-order valence-corrected chi connectivity index (χ0v) is 9.11. The molecule has 1 nitrogen and oxygen atoms in total. The van der Waals surface area contributed by atoms with Crippen LogP contribution in [0.15, 0.2) is 12.1 Å². The minimum absolute atomic E-state index is 0.0780. The van der Waals surface area contributed by atoms with Gasteiger partial charge in [-0.05, 0) is 31.9 Å². The standard InChI is InChI=1S/C11H12ClF2N/c1-6(15)11(2-3-11)10-8(13)4-7(12)5-9(10)14/h4-6H,2-3,15H2,1H3. The van der Waals surface area contributed by atoms with Crippen LogP contribution in [0.4, 0.5) is 8.78 Å². The van der Waals surface area contributed by atoms with Gasteiger partial charge in [0, 0.05) is 22.0 Å². The Labute approximate surface area is 92.2 Å². The molecule has 0 radical (unpaired) electrons. The van der Waals surface area contributed by atoms with Gasteiger partial charge in [0.15, 0.2) is 0 Å². The van der Waals surface area contributed by atoms with Crippen LogP contribution >= 0.6 is 11.6 Å². The highest BCUT2D eigenvalue weighted by molar-refractivity contribution is 6.30. The summed E-state index contributed by atoms with van der Waals surface area (Å²) in [5.74, 6) is -1.18. The number of halogens is 3. The Hall–Kier alpha value is -0.670. The molecule has 1 unspecified atom stereocenters. The first kappa shape index (κ1) is 10.8. The summed E-state index contributed by atoms with van der Waals surface area (Å²) in [6.45, 7) is 1.78. The van der Waals surface area contributed by atoms with Crippen LogP contribution in [0.25, 0.3) is 0 Å². The lowest BCUT2D eigenvalue weighted by Gasteiger charge is -2.21. The average Bonchev–Trinajstić information content (AvgIpc) is 2.83. The molecule has 15 heavy (non-hydrogen) atoms. The van der Waals surface area contributed by atoms with Gasteiger partial charge in [0.1, 0.15) is 11.6 Å². The van der Waals surface area contributed by atoms with Crippen LogP contribution in [0, 0.1) is 11.6 Å². The van der Waals surface area contributed by atoms with Crippen LogP contribution in [0.2, 0.25) is 5.02 Å². The van der Waals surface area contributed by atoms with Gasteiger partial charge in [0.2, 0.25) is 0 Å². The van der Waals surface area contributed by atoms with Crippen molar-refractivity contribution >= 4 is 11.6 Å². The lowest BCUT2D eigenvalue weighted by Crippen LogP contribution is -2.33. The Kier molecular flexibility index (Phi) is 2.47. The summed E-state index contributed by atoms with van der Waals surface area (Å²) in [6.07, 6.45) is 1.47. The van der Waals surface area contributed by atoms with Crippen molar-refractivity contribution in [2.24, 2.45) is 5.73 Å². The maximum Gasteiger partial charge on any atom is 0.131 e. The maximum atomic E-state index is 13.6. The maximum absolute atomic E-state index is 13.6. The third kappa shape index (κ3) is 1.64. The minimum atomic E-state index is -0.588. The second kappa shape index (κ2) is 3.42. The van der Waals surface area contributed by atoms with E-state index < -0.39 is 17.0 Å². The number of hydrogen-bond acceptors (Lipinski definition) is 1. The summed E-state index contributed by atoms with van der Waals surface area (Å²) >= 11 is 5.56. The van der Waals surface area contributed by atoms with Crippen molar-refractivity contribution in [3.8, 4) is 0 Å². The van der Waals surface area contributed by atoms with E-state index in [1.165, 1.54) is 0 Å². The van der Waals surface area contributed by atoms with Gasteiger partial charge in [-0.3, -0.25) is 0 Å². The van der Waals surface area contributed by atoms with Crippen molar-refractivity contribution in [2.45, 2.75) is 31.2 Å². The van der Waals surface area contributed by atoms with Gasteiger partial charge in [0.05, 0.1) is 0 Å². The molecule has 82 valence electrons. The summed E-state index contributed by atoms with van der Waals surface area (Å²) in [5.41, 5.74) is 5.36. The molecule has 1 fully saturated rings. The van der Waals surface area contributed by atoms with Crippen LogP contribution < -0.4 is 5.73 Å². The van der Waals surface area contributed by atoms with E-state index in [-0.39, 0.29) is 16.6 Å². The molecule has 1 saturated carbocycles. The third-order valence-corrected chi connectivity index (χ3v) is 3.38. The molecule has 1 aliphatic rings. The van der Waals surface area contributed by atoms with Crippen molar-refractivity contribution in [2.75, 3.05) is 0 Å². The molecule has 1 aromatic carbocycles. The first-order chi connectivity index (χ1) is 6.97. The molecule has 2 rings (SSSR count). The highest BCUT2D eigenvalue weighted by Gasteiger charge is 2.50. The number of benzene rings is 1. The topological polar surface area (TPSA) is 26.0 Å². The van der Waals surface area contributed by atoms with E-state index in [9.17, 15) is 8.78 Å². The lowest BCUT2D eigenvalue weighted by molar-refractivity contribution is 0.473. The SMILES string of the molecule is CC(N)C1(c2c(F)cc(Cl)cc2F)CC1. The molecule has 0 amide bonds. The smallest absolute Gasteiger partial charge is 0.131 e. The zero-order chi connectivity index (χ0) is 11.2. The molecule has 1 aromatic rings. The summed E-state index contributed by atoms with van der Waals surface area (Å²) in [7, 11) is 0. The molecule has 1 atom stereocenters. The van der Waals surface area contributed by atoms with Crippen molar-refractivity contribution in [1.29, 1.82) is 0 Å². The highest BCUT2D eigenvalue weighted by atomic mass is 35.5. The number of nitrogens with two attached hydrogens (primary N) is 1. The van der Waals surface area contributed by atoms with E-state index in [0.29, 0.717) is 0 Å². The second-order valence-electron chi connectivity index (χ2n) is 4.19. The highest BCUT2D eigenvalue weighted by Crippen LogP contribution is 2.52. The van der Waals surface area contributed by atoms with Crippen LogP contribution in [0.5, 0.6) is 0 Å². The van der Waals surface area contributed by atoms with Gasteiger partial charge in [-0.25, -0.2) is 8.78 Å². The van der Waals surface area contributed by atoms with E-state index in [2.05, 4.69) is 0 Å². The average molecular weight is 232 g/mol. The van der Waals surface area contributed by atoms with Crippen molar-refractivity contribution < 1.29 is 8.78 Å². The molecule has 0 aromatic heterocycles. The molecule has 4 heteroatoms. The van der Waals surface area contributed by atoms with Gasteiger partial charge < -0.3 is 5.73 Å². The third-order valence-electron chi connectivity index (χ3n) is 3.17. The van der Waals surface area contributed by atoms with Gasteiger partial charge in [-0.1, -0.05) is 11.6 Å². The molecule has 0 heterocycles. The molecule has 0 bridgehead atoms. The summed E-state index contributed by atoms with van der Waals surface area (Å²) < 4.78 is 27.3. The Morgan fingerprint density at radius 2 is 1.80 bits per heavy atom. The molecular weight excluding hydrogens is 220 g/mol. The lowest BCUT2D eigenvalue weighted by atomic mass is 9.88. The minimum Gasteiger partial charge on any atom is -0.327 e. The monoisotopic (exact) mass is 231 g/mol. The van der Waals surface area contributed by atoms with Gasteiger partial charge in [-0.2, -0.15) is 0 Å². The fourth-order valence-corrected chi connectivity index (χ4v) is 2.28. The van der Waals surface area contributed by atoms with Crippen LogP contribution in [0.1, 0.15) is 25.3 Å². The summed E-state index contributed by atoms with van der Waals surface area (Å²) in [5, 5.41) is 0.0780. The quantitative estimate of drug-likeness (QED) is 0.832. The van der Waals surface area contributed by atoms with E-state index in [0.717, 1.165) is 25.0 Å². The van der Waals surface area contributed by atoms with Crippen molar-refractivity contribution in [3.63, 3.8) is 0 Å². The largest absolute Gasteiger partial charge is 0.327 e. The Bertz CT molecular complexity index is 377. The normalized spacial score (nSPS) is 20.1. The van der Waals surface area contributed by atoms with Crippen molar-refractivity contribution in [1.82, 2.24) is 0 Å². The van der Waals surface area contributed by atoms with Crippen LogP contribution in [-0.2, 0) is 5.41 Å². The first-order valence-electron chi connectivity index (χ1n) is 4.88. The molecule has 1 aliphatic carbocycles. The van der Waals surface area contributed by atoms with E-state index in [4.69, 9.17) is 17.3 Å². The van der Waals surface area contributed by atoms with Crippen molar-refractivity contribution in [3.05, 3.63) is 34.4 Å². The van der Waals surface area contributed by atoms with E-state index in [1.54, 1.807) is 6.92 Å². The molecule has 0 aliphatic heterocycles. The van der Waals surface area contributed by atoms with Crippen LogP contribution in [0.3, 0.4) is 0 Å². The number of rotatable bonds is 2. The van der Waals surface area contributed by atoms with Gasteiger partial charge >= 0.3 is 0 Å². The summed E-state index contributed by atoms with van der Waals surface area (Å²) in [4.78, 5) is 0. The van der Waals surface area contributed by atoms with Gasteiger partial charge in [-0.15, -0.1) is 0 Å². The summed E-state index contributed by atoms with van der Waals surface area (Å²) in [6, 6.07) is 2.04. The molecular formula is C11H12ClF2N. The van der Waals surface area contributed by atoms with E-state index in [1.807, 2.05) is 0 Å². The zero-order valence-electron chi connectivity index (χ0n) is 8.36. The molecule has 2 N–H and O–H groups in total. The Morgan fingerprint density at radius 1 is 1.33 bits per heavy atom. The predicted molar refractivity (Wildman–Crippen MR) is 55.9 cm³/mol. The fourth-order valence-electron chi connectivity index (χ4n) is 2.09. The first-order valence-corrected chi connectivity index (χ1v) is 5.26. The molecule has 0 saturated heterocycles. The second-order valence-corrected chi connectivity index (χ2v) is 4.63. The number of hydrogen-bond donors (Lipinski definition) is 1.